The number of ketones is 1. The molecule has 0 unspecified atom stereocenters. The summed E-state index contributed by atoms with van der Waals surface area (Å²) in [6.45, 7) is 5.34. The highest BCUT2D eigenvalue weighted by molar-refractivity contribution is 5.94. The van der Waals surface area contributed by atoms with Gasteiger partial charge in [0.15, 0.2) is 0 Å². The van der Waals surface area contributed by atoms with Crippen LogP contribution in [0.1, 0.15) is 113 Å². The molecule has 0 N–H and O–H groups in total. The molecule has 0 aliphatic heterocycles. The van der Waals surface area contributed by atoms with Gasteiger partial charge in [-0.1, -0.05) is 63.8 Å². The zero-order chi connectivity index (χ0) is 34.7. The third kappa shape index (κ3) is 14.2. The summed E-state index contributed by atoms with van der Waals surface area (Å²) in [6, 6.07) is 12.1. The highest BCUT2D eigenvalue weighted by Crippen LogP contribution is 2.30. The number of benzene rings is 2. The molecule has 0 aromatic heterocycles. The van der Waals surface area contributed by atoms with Crippen LogP contribution in [-0.2, 0) is 33.4 Å². The molecule has 0 saturated carbocycles. The Morgan fingerprint density at radius 2 is 1.02 bits per heavy atom. The van der Waals surface area contributed by atoms with Crippen LogP contribution < -0.4 is 9.47 Å². The molecule has 0 heterocycles. The lowest BCUT2D eigenvalue weighted by molar-refractivity contribution is -0.150. The van der Waals surface area contributed by atoms with Gasteiger partial charge in [0, 0.05) is 33.1 Å². The second-order valence-corrected chi connectivity index (χ2v) is 11.4. The molecule has 256 valence electrons. The van der Waals surface area contributed by atoms with Gasteiger partial charge in [0.25, 0.3) is 0 Å². The summed E-state index contributed by atoms with van der Waals surface area (Å²) in [5, 5.41) is 0. The molecular formula is C36H46O11. The van der Waals surface area contributed by atoms with Crippen LogP contribution in [0.2, 0.25) is 0 Å². The maximum absolute atomic E-state index is 13.3. The van der Waals surface area contributed by atoms with Gasteiger partial charge in [-0.05, 0) is 43.5 Å². The summed E-state index contributed by atoms with van der Waals surface area (Å²) in [6.07, 6.45) is 5.58. The van der Waals surface area contributed by atoms with Gasteiger partial charge in [-0.15, -0.1) is 0 Å². The number of ether oxygens (including phenoxy) is 5. The van der Waals surface area contributed by atoms with E-state index >= 15 is 0 Å². The lowest BCUT2D eigenvalue weighted by Gasteiger charge is -2.32. The number of Topliss-reactive ketones (excluding diaryl/α,β-unsaturated/α-hetero) is 1. The predicted molar refractivity (Wildman–Crippen MR) is 172 cm³/mol. The van der Waals surface area contributed by atoms with E-state index in [2.05, 4.69) is 0 Å². The van der Waals surface area contributed by atoms with Crippen LogP contribution in [0.3, 0.4) is 0 Å². The van der Waals surface area contributed by atoms with Crippen molar-refractivity contribution in [3.05, 3.63) is 59.7 Å². The average molecular weight is 655 g/mol. The van der Waals surface area contributed by atoms with E-state index in [1.807, 2.05) is 13.8 Å². The van der Waals surface area contributed by atoms with Gasteiger partial charge < -0.3 is 23.7 Å². The number of rotatable bonds is 21. The molecule has 47 heavy (non-hydrogen) atoms. The Morgan fingerprint density at radius 3 is 1.49 bits per heavy atom. The Hall–Kier alpha value is -4.54. The van der Waals surface area contributed by atoms with E-state index in [9.17, 15) is 28.8 Å². The molecule has 0 bridgehead atoms. The van der Waals surface area contributed by atoms with Gasteiger partial charge >= 0.3 is 29.8 Å². The Labute approximate surface area is 276 Å². The smallest absolute Gasteiger partial charge is 0.341 e. The summed E-state index contributed by atoms with van der Waals surface area (Å²) in [7, 11) is 0. The van der Waals surface area contributed by atoms with Crippen molar-refractivity contribution < 1.29 is 52.5 Å². The first kappa shape index (κ1) is 38.6. The van der Waals surface area contributed by atoms with Gasteiger partial charge in [-0.3, -0.25) is 19.2 Å². The molecule has 2 aromatic carbocycles. The maximum atomic E-state index is 13.3. The van der Waals surface area contributed by atoms with Crippen molar-refractivity contribution in [1.82, 2.24) is 0 Å². The standard InChI is InChI=1S/C36H46O11/c1-5-7-9-15-28(39)21-22-36(23-43-33(40)20-10-8-6-2,24-44-34(41)29-16-11-13-18-31(29)46-26(3)37)25-45-35(42)30-17-12-14-19-32(30)47-27(4)38/h11-14,16-19H,5-10,15,20-25H2,1-4H3. The Kier molecular flexibility index (Phi) is 16.9. The largest absolute Gasteiger partial charge is 0.465 e. The monoisotopic (exact) mass is 654 g/mol. The molecule has 0 aliphatic rings. The highest BCUT2D eigenvalue weighted by Gasteiger charge is 2.37. The molecular weight excluding hydrogens is 608 g/mol. The number of unbranched alkanes of at least 4 members (excludes halogenated alkanes) is 4. The molecule has 2 rings (SSSR count). The van der Waals surface area contributed by atoms with Gasteiger partial charge in [0.05, 0.1) is 5.41 Å². The van der Waals surface area contributed by atoms with E-state index in [4.69, 9.17) is 23.7 Å². The van der Waals surface area contributed by atoms with Crippen LogP contribution >= 0.6 is 0 Å². The van der Waals surface area contributed by atoms with Crippen LogP contribution in [-0.4, -0.2) is 55.5 Å². The van der Waals surface area contributed by atoms with Crippen LogP contribution in [0.25, 0.3) is 0 Å². The minimum Gasteiger partial charge on any atom is -0.465 e. The van der Waals surface area contributed by atoms with E-state index in [0.29, 0.717) is 12.8 Å². The van der Waals surface area contributed by atoms with E-state index < -0.39 is 48.5 Å². The Balaban J connectivity index is 2.40. The molecule has 0 saturated heterocycles. The third-order valence-corrected chi connectivity index (χ3v) is 7.26. The molecule has 0 amide bonds. The summed E-state index contributed by atoms with van der Waals surface area (Å²) >= 11 is 0. The van der Waals surface area contributed by atoms with Crippen molar-refractivity contribution in [3.63, 3.8) is 0 Å². The van der Waals surface area contributed by atoms with E-state index in [0.717, 1.165) is 32.1 Å². The van der Waals surface area contributed by atoms with Gasteiger partial charge in [0.1, 0.15) is 48.2 Å². The quantitative estimate of drug-likeness (QED) is 0.0621. The van der Waals surface area contributed by atoms with Gasteiger partial charge in [0.2, 0.25) is 0 Å². The topological polar surface area (TPSA) is 149 Å². The molecule has 11 heteroatoms. The lowest BCUT2D eigenvalue weighted by atomic mass is 9.84. The fraction of sp³-hybridized carbons (Fsp3) is 0.500. The number of esters is 5. The van der Waals surface area contributed by atoms with Crippen molar-refractivity contribution >= 4 is 35.6 Å². The molecule has 2 aromatic rings. The average Bonchev–Trinajstić information content (AvgIpc) is 3.04. The Bertz CT molecular complexity index is 1260. The minimum absolute atomic E-state index is 0.00226. The number of carbonyl (C=O) groups excluding carboxylic acids is 6. The number of hydrogen-bond donors (Lipinski definition) is 0. The maximum Gasteiger partial charge on any atom is 0.341 e. The van der Waals surface area contributed by atoms with Crippen molar-refractivity contribution in [2.24, 2.45) is 5.41 Å². The Morgan fingerprint density at radius 1 is 0.574 bits per heavy atom. The van der Waals surface area contributed by atoms with Crippen molar-refractivity contribution in [1.29, 1.82) is 0 Å². The van der Waals surface area contributed by atoms with Crippen LogP contribution in [0.15, 0.2) is 48.5 Å². The van der Waals surface area contributed by atoms with Gasteiger partial charge in [-0.2, -0.15) is 0 Å². The van der Waals surface area contributed by atoms with Crippen LogP contribution in [0, 0.1) is 5.41 Å². The van der Waals surface area contributed by atoms with Crippen molar-refractivity contribution in [2.75, 3.05) is 19.8 Å². The summed E-state index contributed by atoms with van der Waals surface area (Å²) in [5.41, 5.74) is -1.36. The van der Waals surface area contributed by atoms with E-state index in [1.54, 1.807) is 24.3 Å². The summed E-state index contributed by atoms with van der Waals surface area (Å²) in [5.74, 6) is -3.43. The lowest BCUT2D eigenvalue weighted by Crippen LogP contribution is -2.40. The first-order valence-corrected chi connectivity index (χ1v) is 16.1. The molecule has 0 fully saturated rings. The molecule has 11 nitrogen and oxygen atoms in total. The number of carbonyl (C=O) groups is 6. The normalized spacial score (nSPS) is 10.9. The zero-order valence-corrected chi connectivity index (χ0v) is 27.8. The molecule has 0 spiro atoms. The summed E-state index contributed by atoms with van der Waals surface area (Å²) < 4.78 is 27.4. The van der Waals surface area contributed by atoms with Crippen molar-refractivity contribution in [2.45, 2.75) is 91.9 Å². The third-order valence-electron chi connectivity index (χ3n) is 7.26. The first-order valence-electron chi connectivity index (χ1n) is 16.1. The molecule has 0 aliphatic carbocycles. The fourth-order valence-corrected chi connectivity index (χ4v) is 4.62. The SMILES string of the molecule is CCCCCC(=O)CCC(COC(=O)CCCCC)(COC(=O)c1ccccc1OC(C)=O)COC(=O)c1ccccc1OC(C)=O. The first-order chi connectivity index (χ1) is 22.5. The van der Waals surface area contributed by atoms with E-state index in [1.165, 1.54) is 38.1 Å². The summed E-state index contributed by atoms with van der Waals surface area (Å²) in [4.78, 5) is 75.3. The second-order valence-electron chi connectivity index (χ2n) is 11.4. The minimum atomic E-state index is -1.32. The predicted octanol–water partition coefficient (Wildman–Crippen LogP) is 6.59. The molecule has 0 atom stereocenters. The van der Waals surface area contributed by atoms with Crippen molar-refractivity contribution in [3.8, 4) is 11.5 Å². The number of para-hydroxylation sites is 2. The molecule has 0 radical (unpaired) electrons. The van der Waals surface area contributed by atoms with Crippen LogP contribution in [0.5, 0.6) is 11.5 Å². The van der Waals surface area contributed by atoms with Crippen LogP contribution in [0.4, 0.5) is 0 Å². The number of hydrogen-bond acceptors (Lipinski definition) is 11. The fourth-order valence-electron chi connectivity index (χ4n) is 4.62. The zero-order valence-electron chi connectivity index (χ0n) is 27.8. The second kappa shape index (κ2) is 20.6. The van der Waals surface area contributed by atoms with Gasteiger partial charge in [-0.25, -0.2) is 9.59 Å². The highest BCUT2D eigenvalue weighted by atomic mass is 16.6. The van der Waals surface area contributed by atoms with E-state index in [-0.39, 0.29) is 54.3 Å².